The predicted octanol–water partition coefficient (Wildman–Crippen LogP) is -4.84. The van der Waals surface area contributed by atoms with E-state index in [1.807, 2.05) is 0 Å². The quantitative estimate of drug-likeness (QED) is 0.200. The molecule has 2 aliphatic rings. The third-order valence-electron chi connectivity index (χ3n) is 4.82. The minimum Gasteiger partial charge on any atom is -0.481 e. The molecule has 0 aliphatic heterocycles. The lowest BCUT2D eigenvalue weighted by molar-refractivity contribution is -0.180. The van der Waals surface area contributed by atoms with E-state index < -0.39 is 72.6 Å². The van der Waals surface area contributed by atoms with Crippen molar-refractivity contribution >= 4 is 11.9 Å². The molecule has 10 atom stereocenters. The topological polar surface area (TPSA) is 225 Å². The van der Waals surface area contributed by atoms with Crippen molar-refractivity contribution in [3.8, 4) is 0 Å². The number of hydrogen-bond donors (Lipinski definition) is 9. The van der Waals surface area contributed by atoms with Crippen LogP contribution >= 0.6 is 0 Å². The van der Waals surface area contributed by atoms with Crippen LogP contribution in [0.4, 0.5) is 0 Å². The fraction of sp³-hybridized carbons (Fsp3) is 0.867. The summed E-state index contributed by atoms with van der Waals surface area (Å²) in [4.78, 5) is 21.6. The Balaban J connectivity index is 0.000000271. The van der Waals surface area contributed by atoms with Gasteiger partial charge in [-0.1, -0.05) is 0 Å². The van der Waals surface area contributed by atoms with Crippen molar-refractivity contribution in [3.63, 3.8) is 0 Å². The van der Waals surface area contributed by atoms with Gasteiger partial charge in [-0.3, -0.25) is 9.59 Å². The maximum atomic E-state index is 11.1. The van der Waals surface area contributed by atoms with Crippen molar-refractivity contribution < 1.29 is 60.3 Å². The summed E-state index contributed by atoms with van der Waals surface area (Å²) in [7, 11) is 1.15. The highest BCUT2D eigenvalue weighted by Crippen LogP contribution is 2.27. The highest BCUT2D eigenvalue weighted by Gasteiger charge is 2.46. The van der Waals surface area contributed by atoms with Crippen LogP contribution in [-0.2, 0) is 14.3 Å². The second-order valence-corrected chi connectivity index (χ2v) is 6.62. The Morgan fingerprint density at radius 1 is 0.667 bits per heavy atom. The molecule has 27 heavy (non-hydrogen) atoms. The molecule has 0 aromatic carbocycles. The van der Waals surface area contributed by atoms with Crippen LogP contribution in [0.5, 0.6) is 0 Å². The van der Waals surface area contributed by atoms with Crippen LogP contribution in [0.2, 0.25) is 0 Å². The van der Waals surface area contributed by atoms with Crippen molar-refractivity contribution in [3.05, 3.63) is 0 Å². The van der Waals surface area contributed by atoms with Crippen LogP contribution in [0.25, 0.3) is 0 Å². The molecule has 0 bridgehead atoms. The summed E-state index contributed by atoms with van der Waals surface area (Å²) in [6.07, 6.45) is -11.9. The van der Waals surface area contributed by atoms with Crippen molar-refractivity contribution in [2.24, 2.45) is 11.8 Å². The number of carbonyl (C=O) groups is 2. The number of methoxy groups -OCH3 is 1. The lowest BCUT2D eigenvalue weighted by Crippen LogP contribution is -2.55. The Labute approximate surface area is 153 Å². The maximum absolute atomic E-state index is 11.1. The molecule has 2 aliphatic carbocycles. The first-order valence-corrected chi connectivity index (χ1v) is 8.19. The third kappa shape index (κ3) is 5.33. The summed E-state index contributed by atoms with van der Waals surface area (Å²) in [6, 6.07) is 0. The number of ether oxygens (including phenoxy) is 1. The zero-order valence-corrected chi connectivity index (χ0v) is 14.4. The van der Waals surface area contributed by atoms with Gasteiger partial charge in [0.05, 0.1) is 43.4 Å². The Bertz CT molecular complexity index is 513. The van der Waals surface area contributed by atoms with Crippen LogP contribution < -0.4 is 0 Å². The number of carbonyl (C=O) groups excluding carboxylic acids is 1. The lowest BCUT2D eigenvalue weighted by Gasteiger charge is -2.36. The highest BCUT2D eigenvalue weighted by molar-refractivity contribution is 5.73. The van der Waals surface area contributed by atoms with Gasteiger partial charge in [-0.25, -0.2) is 0 Å². The molecule has 0 amide bonds. The predicted molar refractivity (Wildman–Crippen MR) is 83.9 cm³/mol. The van der Waals surface area contributed by atoms with E-state index in [9.17, 15) is 35.1 Å². The van der Waals surface area contributed by atoms with E-state index in [0.717, 1.165) is 7.11 Å². The minimum atomic E-state index is -1.61. The first kappa shape index (κ1) is 23.7. The molecule has 12 nitrogen and oxygen atoms in total. The average Bonchev–Trinajstić information content (AvgIpc) is 2.63. The minimum absolute atomic E-state index is 0.119. The number of rotatable bonds is 2. The Morgan fingerprint density at radius 3 is 1.41 bits per heavy atom. The van der Waals surface area contributed by atoms with Gasteiger partial charge in [0.25, 0.3) is 0 Å². The van der Waals surface area contributed by atoms with Gasteiger partial charge in [-0.05, 0) is 12.8 Å². The fourth-order valence-corrected chi connectivity index (χ4v) is 3.05. The number of aliphatic hydroxyl groups excluding tert-OH is 8. The highest BCUT2D eigenvalue weighted by atomic mass is 16.5. The van der Waals surface area contributed by atoms with Gasteiger partial charge in [0.2, 0.25) is 0 Å². The smallest absolute Gasteiger partial charge is 0.311 e. The van der Waals surface area contributed by atoms with Crippen LogP contribution in [0.3, 0.4) is 0 Å². The molecule has 2 fully saturated rings. The molecule has 0 heterocycles. The van der Waals surface area contributed by atoms with Crippen LogP contribution in [0, 0.1) is 11.8 Å². The van der Waals surface area contributed by atoms with Crippen molar-refractivity contribution in [1.29, 1.82) is 0 Å². The van der Waals surface area contributed by atoms with Gasteiger partial charge in [-0.2, -0.15) is 0 Å². The first-order chi connectivity index (χ1) is 12.4. The third-order valence-corrected chi connectivity index (χ3v) is 4.82. The van der Waals surface area contributed by atoms with Gasteiger partial charge in [-0.15, -0.1) is 0 Å². The summed E-state index contributed by atoms with van der Waals surface area (Å²) in [5.74, 6) is -4.22. The molecule has 9 N–H and O–H groups in total. The van der Waals surface area contributed by atoms with Crippen LogP contribution in [0.15, 0.2) is 0 Å². The van der Waals surface area contributed by atoms with Crippen LogP contribution in [0.1, 0.15) is 12.8 Å². The first-order valence-electron chi connectivity index (χ1n) is 8.19. The molecular weight excluding hydrogens is 372 g/mol. The van der Waals surface area contributed by atoms with Crippen molar-refractivity contribution in [2.45, 2.75) is 61.7 Å². The molecule has 0 aromatic rings. The average molecular weight is 398 g/mol. The number of carboxylic acid groups (broad SMARTS) is 1. The summed E-state index contributed by atoms with van der Waals surface area (Å²) < 4.78 is 4.39. The summed E-state index contributed by atoms with van der Waals surface area (Å²) in [6.45, 7) is 0. The maximum Gasteiger partial charge on any atom is 0.311 e. The van der Waals surface area contributed by atoms with E-state index in [0.29, 0.717) is 0 Å². The number of esters is 1. The molecule has 0 aromatic heterocycles. The largest absolute Gasteiger partial charge is 0.481 e. The van der Waals surface area contributed by atoms with E-state index in [-0.39, 0.29) is 12.8 Å². The molecule has 2 rings (SSSR count). The number of aliphatic hydroxyl groups is 8. The molecular formula is C15H26O12. The Hall–Kier alpha value is -1.38. The zero-order valence-electron chi connectivity index (χ0n) is 14.4. The van der Waals surface area contributed by atoms with E-state index in [1.165, 1.54) is 0 Å². The lowest BCUT2D eigenvalue weighted by atomic mass is 9.81. The van der Waals surface area contributed by atoms with Gasteiger partial charge >= 0.3 is 11.9 Å². The summed E-state index contributed by atoms with van der Waals surface area (Å²) >= 11 is 0. The fourth-order valence-electron chi connectivity index (χ4n) is 3.05. The number of hydrogen-bond acceptors (Lipinski definition) is 11. The molecule has 0 spiro atoms. The van der Waals surface area contributed by atoms with Gasteiger partial charge in [0.1, 0.15) is 24.4 Å². The molecule has 12 heteroatoms. The Kier molecular flexibility index (Phi) is 8.50. The number of carboxylic acids is 1. The molecule has 0 saturated heterocycles. The Morgan fingerprint density at radius 2 is 1.04 bits per heavy atom. The van der Waals surface area contributed by atoms with E-state index >= 15 is 0 Å². The molecule has 158 valence electrons. The van der Waals surface area contributed by atoms with Gasteiger partial charge < -0.3 is 50.7 Å². The van der Waals surface area contributed by atoms with Crippen LogP contribution in [-0.4, -0.2) is 114 Å². The van der Waals surface area contributed by atoms with E-state index in [4.69, 9.17) is 20.4 Å². The monoisotopic (exact) mass is 398 g/mol. The summed E-state index contributed by atoms with van der Waals surface area (Å²) in [5, 5.41) is 82.1. The second kappa shape index (κ2) is 9.71. The second-order valence-electron chi connectivity index (χ2n) is 6.62. The standard InChI is InChI=1S/C8H14O6.C7H12O6/c1-14-8(13)3-2-4(9)6(11)7(12)5(3)10;8-3-1-2(7(12)13)4(9)6(11)5(3)10/h3-7,9-12H,2H2,1H3;2-6,8-11H,1H2,(H,12,13)/t3?,4?,5-,6?,7-;2?,3?,4-,5?,6-/m00/s1. The zero-order chi connectivity index (χ0) is 21.0. The normalized spacial score (nSPS) is 44.6. The molecule has 6 unspecified atom stereocenters. The summed E-state index contributed by atoms with van der Waals surface area (Å²) in [5.41, 5.74) is 0. The number of aliphatic carboxylic acids is 1. The molecule has 0 radical (unpaired) electrons. The molecule has 2 saturated carbocycles. The van der Waals surface area contributed by atoms with E-state index in [1.54, 1.807) is 0 Å². The van der Waals surface area contributed by atoms with Crippen molar-refractivity contribution in [2.75, 3.05) is 7.11 Å². The van der Waals surface area contributed by atoms with Gasteiger partial charge in [0.15, 0.2) is 0 Å². The van der Waals surface area contributed by atoms with E-state index in [2.05, 4.69) is 4.74 Å². The van der Waals surface area contributed by atoms with Gasteiger partial charge in [0, 0.05) is 0 Å². The SMILES string of the molecule is COC(=O)C1CC(O)C(O)[C@@H](O)[C@H]1O.O=C(O)C1CC(O)C(O)[C@@H](O)[C@H]1O. The van der Waals surface area contributed by atoms with Crippen molar-refractivity contribution in [1.82, 2.24) is 0 Å².